The van der Waals surface area contributed by atoms with Crippen molar-refractivity contribution in [1.29, 1.82) is 0 Å². The second-order valence-electron chi connectivity index (χ2n) is 5.63. The minimum Gasteiger partial charge on any atom is -0.354 e. The lowest BCUT2D eigenvalue weighted by molar-refractivity contribution is 0.101. The third-order valence-electron chi connectivity index (χ3n) is 3.90. The maximum absolute atomic E-state index is 12.6. The topological polar surface area (TPSA) is 87.7 Å². The molecule has 0 saturated heterocycles. The molecule has 3 rings (SSSR count). The number of carbonyl (C=O) groups is 2. The molecule has 1 aromatic carbocycles. The molecule has 0 bridgehead atoms. The molecule has 25 heavy (non-hydrogen) atoms. The van der Waals surface area contributed by atoms with Crippen LogP contribution in [0.3, 0.4) is 0 Å². The average Bonchev–Trinajstić information content (AvgIpc) is 3.19. The first-order valence-corrected chi connectivity index (χ1v) is 8.71. The van der Waals surface area contributed by atoms with Crippen LogP contribution in [-0.2, 0) is 6.42 Å². The molecule has 2 aromatic heterocycles. The van der Waals surface area contributed by atoms with Crippen LogP contribution in [0, 0.1) is 6.92 Å². The van der Waals surface area contributed by atoms with Gasteiger partial charge in [0.15, 0.2) is 11.6 Å². The zero-order valence-electron chi connectivity index (χ0n) is 14.2. The molecule has 0 radical (unpaired) electrons. The summed E-state index contributed by atoms with van der Waals surface area (Å²) in [5.41, 5.74) is 3.33. The van der Waals surface area contributed by atoms with Crippen LogP contribution in [0.1, 0.15) is 46.0 Å². The largest absolute Gasteiger partial charge is 0.354 e. The van der Waals surface area contributed by atoms with Crippen LogP contribution < -0.4 is 5.32 Å². The van der Waals surface area contributed by atoms with E-state index < -0.39 is 0 Å². The van der Waals surface area contributed by atoms with Gasteiger partial charge in [-0.05, 0) is 25.8 Å². The molecule has 0 spiro atoms. The molecule has 6 nitrogen and oxygen atoms in total. The van der Waals surface area contributed by atoms with Crippen molar-refractivity contribution in [1.82, 2.24) is 14.3 Å². The molecular weight excluding hydrogens is 336 g/mol. The Hall–Kier alpha value is -2.80. The Labute approximate surface area is 149 Å². The van der Waals surface area contributed by atoms with Gasteiger partial charge < -0.3 is 4.98 Å². The number of nitrogens with zero attached hydrogens (tertiary/aromatic N) is 2. The van der Waals surface area contributed by atoms with Gasteiger partial charge in [-0.25, -0.2) is 0 Å². The number of aryl methyl sites for hydroxylation is 1. The number of nitrogens with one attached hydrogen (secondary N) is 2. The van der Waals surface area contributed by atoms with Gasteiger partial charge in [0, 0.05) is 28.4 Å². The van der Waals surface area contributed by atoms with Crippen molar-refractivity contribution >= 4 is 28.4 Å². The molecule has 0 fully saturated rings. The van der Waals surface area contributed by atoms with Crippen LogP contribution in [0.15, 0.2) is 30.3 Å². The Balaban J connectivity index is 1.85. The summed E-state index contributed by atoms with van der Waals surface area (Å²) in [4.78, 5) is 31.8. The summed E-state index contributed by atoms with van der Waals surface area (Å²) in [6.07, 6.45) is 0.591. The normalized spacial score (nSPS) is 10.7. The summed E-state index contributed by atoms with van der Waals surface area (Å²) in [5, 5.41) is 3.18. The van der Waals surface area contributed by atoms with E-state index in [1.807, 2.05) is 37.3 Å². The standard InChI is InChI=1S/C18H18N4O2S/c1-4-13-14(11(3)23)10(2)19-15(13)17(24)21-18-20-16(22-25-18)12-8-6-5-7-9-12/h5-9,19H,4H2,1-3H3,(H,20,21,22,24). The second kappa shape index (κ2) is 6.98. The zero-order valence-corrected chi connectivity index (χ0v) is 15.0. The van der Waals surface area contributed by atoms with Crippen molar-refractivity contribution in [2.24, 2.45) is 0 Å². The third kappa shape index (κ3) is 3.36. The Morgan fingerprint density at radius 2 is 1.96 bits per heavy atom. The minimum atomic E-state index is -0.316. The number of ketones is 1. The number of amides is 1. The number of hydrogen-bond acceptors (Lipinski definition) is 5. The Morgan fingerprint density at radius 3 is 2.60 bits per heavy atom. The Kier molecular flexibility index (Phi) is 4.76. The van der Waals surface area contributed by atoms with Gasteiger partial charge in [-0.15, -0.1) is 0 Å². The van der Waals surface area contributed by atoms with E-state index in [9.17, 15) is 9.59 Å². The summed E-state index contributed by atoms with van der Waals surface area (Å²) in [7, 11) is 0. The van der Waals surface area contributed by atoms with Crippen molar-refractivity contribution in [3.8, 4) is 11.4 Å². The predicted molar refractivity (Wildman–Crippen MR) is 98.2 cm³/mol. The molecular formula is C18H18N4O2S. The van der Waals surface area contributed by atoms with Gasteiger partial charge in [-0.2, -0.15) is 9.36 Å². The number of carbonyl (C=O) groups excluding carboxylic acids is 2. The highest BCUT2D eigenvalue weighted by Gasteiger charge is 2.22. The maximum atomic E-state index is 12.6. The highest BCUT2D eigenvalue weighted by Crippen LogP contribution is 2.24. The zero-order chi connectivity index (χ0) is 18.0. The molecule has 2 N–H and O–H groups in total. The van der Waals surface area contributed by atoms with Gasteiger partial charge in [0.2, 0.25) is 5.13 Å². The minimum absolute atomic E-state index is 0.0491. The monoisotopic (exact) mass is 354 g/mol. The van der Waals surface area contributed by atoms with Gasteiger partial charge in [-0.3, -0.25) is 14.9 Å². The van der Waals surface area contributed by atoms with E-state index in [-0.39, 0.29) is 11.7 Å². The summed E-state index contributed by atoms with van der Waals surface area (Å²) in [5.74, 6) is 0.207. The van der Waals surface area contributed by atoms with Gasteiger partial charge in [0.25, 0.3) is 5.91 Å². The molecule has 0 aliphatic carbocycles. The molecule has 0 aliphatic heterocycles. The van der Waals surface area contributed by atoms with Crippen molar-refractivity contribution < 1.29 is 9.59 Å². The number of aromatic amines is 1. The van der Waals surface area contributed by atoms with E-state index in [1.54, 1.807) is 6.92 Å². The first kappa shape index (κ1) is 17.0. The number of aromatic nitrogens is 3. The highest BCUT2D eigenvalue weighted by molar-refractivity contribution is 7.10. The lowest BCUT2D eigenvalue weighted by Gasteiger charge is -2.03. The fourth-order valence-corrected chi connectivity index (χ4v) is 3.42. The van der Waals surface area contributed by atoms with Crippen LogP contribution in [0.5, 0.6) is 0 Å². The van der Waals surface area contributed by atoms with Crippen molar-refractivity contribution in [3.05, 3.63) is 52.8 Å². The molecule has 0 aliphatic rings. The van der Waals surface area contributed by atoms with E-state index in [1.165, 1.54) is 6.92 Å². The molecule has 3 aromatic rings. The van der Waals surface area contributed by atoms with Gasteiger partial charge in [0.05, 0.1) is 0 Å². The SMILES string of the molecule is CCc1c(C(=O)Nc2nc(-c3ccccc3)ns2)[nH]c(C)c1C(C)=O. The quantitative estimate of drug-likeness (QED) is 0.681. The van der Waals surface area contributed by atoms with E-state index in [0.29, 0.717) is 34.3 Å². The fourth-order valence-electron chi connectivity index (χ4n) is 2.84. The van der Waals surface area contributed by atoms with Crippen LogP contribution in [-0.4, -0.2) is 26.0 Å². The summed E-state index contributed by atoms with van der Waals surface area (Å²) in [6.45, 7) is 5.23. The van der Waals surface area contributed by atoms with Crippen LogP contribution in [0.2, 0.25) is 0 Å². The van der Waals surface area contributed by atoms with Crippen molar-refractivity contribution in [3.63, 3.8) is 0 Å². The summed E-state index contributed by atoms with van der Waals surface area (Å²) in [6, 6.07) is 9.57. The number of H-pyrrole nitrogens is 1. The average molecular weight is 354 g/mol. The predicted octanol–water partition coefficient (Wildman–Crippen LogP) is 3.86. The first-order chi connectivity index (χ1) is 12.0. The number of rotatable bonds is 5. The van der Waals surface area contributed by atoms with Crippen LogP contribution in [0.25, 0.3) is 11.4 Å². The first-order valence-electron chi connectivity index (χ1n) is 7.94. The van der Waals surface area contributed by atoms with Crippen LogP contribution >= 0.6 is 11.5 Å². The number of benzene rings is 1. The molecule has 0 saturated carbocycles. The number of Topliss-reactive ketones (excluding diaryl/α,β-unsaturated/α-hetero) is 1. The van der Waals surface area contributed by atoms with E-state index in [0.717, 1.165) is 22.7 Å². The van der Waals surface area contributed by atoms with E-state index >= 15 is 0 Å². The van der Waals surface area contributed by atoms with Crippen LogP contribution in [0.4, 0.5) is 5.13 Å². The highest BCUT2D eigenvalue weighted by atomic mass is 32.1. The fraction of sp³-hybridized carbons (Fsp3) is 0.222. The number of hydrogen-bond donors (Lipinski definition) is 2. The van der Waals surface area contributed by atoms with Gasteiger partial charge >= 0.3 is 0 Å². The number of anilines is 1. The summed E-state index contributed by atoms with van der Waals surface area (Å²) >= 11 is 1.12. The lowest BCUT2D eigenvalue weighted by atomic mass is 10.0. The molecule has 7 heteroatoms. The molecule has 0 atom stereocenters. The van der Waals surface area contributed by atoms with Gasteiger partial charge in [-0.1, -0.05) is 37.3 Å². The maximum Gasteiger partial charge on any atom is 0.274 e. The van der Waals surface area contributed by atoms with Gasteiger partial charge in [0.1, 0.15) is 5.69 Å². The van der Waals surface area contributed by atoms with E-state index in [2.05, 4.69) is 19.7 Å². The molecule has 0 unspecified atom stereocenters. The Bertz CT molecular complexity index is 928. The van der Waals surface area contributed by atoms with E-state index in [4.69, 9.17) is 0 Å². The second-order valence-corrected chi connectivity index (χ2v) is 6.38. The van der Waals surface area contributed by atoms with Crippen molar-refractivity contribution in [2.45, 2.75) is 27.2 Å². The third-order valence-corrected chi connectivity index (χ3v) is 4.53. The van der Waals surface area contributed by atoms with Crippen molar-refractivity contribution in [2.75, 3.05) is 5.32 Å². The molecule has 128 valence electrons. The lowest BCUT2D eigenvalue weighted by Crippen LogP contribution is -2.14. The molecule has 1 amide bonds. The Morgan fingerprint density at radius 1 is 1.24 bits per heavy atom. The smallest absolute Gasteiger partial charge is 0.274 e. The summed E-state index contributed by atoms with van der Waals surface area (Å²) < 4.78 is 4.28. The molecule has 2 heterocycles.